The monoisotopic (exact) mass is 311 g/mol. The van der Waals surface area contributed by atoms with Gasteiger partial charge in [0.15, 0.2) is 0 Å². The van der Waals surface area contributed by atoms with E-state index in [9.17, 15) is 4.79 Å². The molecule has 4 nitrogen and oxygen atoms in total. The Balaban J connectivity index is 1.70. The summed E-state index contributed by atoms with van der Waals surface area (Å²) in [6.07, 6.45) is 3.54. The first-order chi connectivity index (χ1) is 10.7. The van der Waals surface area contributed by atoms with Crippen molar-refractivity contribution in [3.8, 4) is 5.69 Å². The summed E-state index contributed by atoms with van der Waals surface area (Å²) in [6, 6.07) is 16.6. The molecule has 1 heterocycles. The van der Waals surface area contributed by atoms with Crippen LogP contribution in [0.25, 0.3) is 5.69 Å². The molecule has 0 aliphatic rings. The average molecular weight is 312 g/mol. The second-order valence-electron chi connectivity index (χ2n) is 4.81. The summed E-state index contributed by atoms with van der Waals surface area (Å²) in [6.45, 7) is 0.460. The van der Waals surface area contributed by atoms with Crippen molar-refractivity contribution in [1.29, 1.82) is 0 Å². The first-order valence-corrected chi connectivity index (χ1v) is 7.23. The van der Waals surface area contributed by atoms with Gasteiger partial charge in [-0.05, 0) is 42.0 Å². The highest BCUT2D eigenvalue weighted by molar-refractivity contribution is 6.30. The van der Waals surface area contributed by atoms with Crippen LogP contribution < -0.4 is 5.32 Å². The predicted octanol–water partition coefficient (Wildman–Crippen LogP) is 3.46. The number of hydrogen-bond acceptors (Lipinski definition) is 2. The standard InChI is InChI=1S/C17H14ClN3O/c18-15-7-5-13(6-8-15)12-19-17(22)14-3-1-4-16(11-14)21-10-2-9-20-21/h1-11H,12H2,(H,19,22). The Bertz CT molecular complexity index is 767. The number of halogens is 1. The Morgan fingerprint density at radius 3 is 2.68 bits per heavy atom. The molecule has 0 aliphatic carbocycles. The highest BCUT2D eigenvalue weighted by atomic mass is 35.5. The number of rotatable bonds is 4. The van der Waals surface area contributed by atoms with Gasteiger partial charge >= 0.3 is 0 Å². The molecule has 0 unspecified atom stereocenters. The van der Waals surface area contributed by atoms with Gasteiger partial charge in [-0.2, -0.15) is 5.10 Å². The number of amides is 1. The maximum absolute atomic E-state index is 12.2. The lowest BCUT2D eigenvalue weighted by atomic mass is 10.1. The van der Waals surface area contributed by atoms with Gasteiger partial charge in [-0.25, -0.2) is 4.68 Å². The summed E-state index contributed by atoms with van der Waals surface area (Å²) in [5, 5.41) is 7.74. The van der Waals surface area contributed by atoms with Crippen LogP contribution in [0.4, 0.5) is 0 Å². The van der Waals surface area contributed by atoms with Crippen molar-refractivity contribution in [2.75, 3.05) is 0 Å². The van der Waals surface area contributed by atoms with Crippen LogP contribution in [0, 0.1) is 0 Å². The number of nitrogens with one attached hydrogen (secondary N) is 1. The third kappa shape index (κ3) is 3.35. The molecule has 0 aliphatic heterocycles. The van der Waals surface area contributed by atoms with E-state index in [1.807, 2.05) is 42.6 Å². The van der Waals surface area contributed by atoms with Crippen molar-refractivity contribution in [3.05, 3.63) is 83.1 Å². The van der Waals surface area contributed by atoms with Crippen LogP contribution in [-0.2, 0) is 6.54 Å². The van der Waals surface area contributed by atoms with Crippen molar-refractivity contribution >= 4 is 17.5 Å². The molecule has 5 heteroatoms. The van der Waals surface area contributed by atoms with Gasteiger partial charge in [0.2, 0.25) is 0 Å². The third-order valence-corrected chi connectivity index (χ3v) is 3.50. The van der Waals surface area contributed by atoms with Crippen LogP contribution in [0.2, 0.25) is 5.02 Å². The lowest BCUT2D eigenvalue weighted by Crippen LogP contribution is -2.22. The fourth-order valence-electron chi connectivity index (χ4n) is 2.10. The smallest absolute Gasteiger partial charge is 0.251 e. The van der Waals surface area contributed by atoms with Crippen molar-refractivity contribution in [3.63, 3.8) is 0 Å². The molecule has 2 aromatic carbocycles. The van der Waals surface area contributed by atoms with Gasteiger partial charge in [-0.3, -0.25) is 4.79 Å². The molecule has 0 radical (unpaired) electrons. The normalized spacial score (nSPS) is 10.4. The molecule has 0 fully saturated rings. The number of carbonyl (C=O) groups is 1. The van der Waals surface area contributed by atoms with Crippen LogP contribution in [0.5, 0.6) is 0 Å². The van der Waals surface area contributed by atoms with Gasteiger partial charge in [0.1, 0.15) is 0 Å². The number of carbonyl (C=O) groups excluding carboxylic acids is 1. The van der Waals surface area contributed by atoms with E-state index in [4.69, 9.17) is 11.6 Å². The van der Waals surface area contributed by atoms with Crippen LogP contribution in [0.1, 0.15) is 15.9 Å². The maximum Gasteiger partial charge on any atom is 0.251 e. The topological polar surface area (TPSA) is 46.9 Å². The van der Waals surface area contributed by atoms with Crippen LogP contribution in [-0.4, -0.2) is 15.7 Å². The van der Waals surface area contributed by atoms with Gasteiger partial charge in [0.25, 0.3) is 5.91 Å². The molecular formula is C17H14ClN3O. The van der Waals surface area contributed by atoms with Gasteiger partial charge in [0.05, 0.1) is 5.69 Å². The van der Waals surface area contributed by atoms with E-state index < -0.39 is 0 Å². The molecule has 3 aromatic rings. The van der Waals surface area contributed by atoms with E-state index in [0.717, 1.165) is 11.3 Å². The highest BCUT2D eigenvalue weighted by Crippen LogP contribution is 2.11. The highest BCUT2D eigenvalue weighted by Gasteiger charge is 2.07. The van der Waals surface area contributed by atoms with Crippen molar-refractivity contribution < 1.29 is 4.79 Å². The first-order valence-electron chi connectivity index (χ1n) is 6.85. The summed E-state index contributed by atoms with van der Waals surface area (Å²) < 4.78 is 1.72. The van der Waals surface area contributed by atoms with Crippen molar-refractivity contribution in [1.82, 2.24) is 15.1 Å². The summed E-state index contributed by atoms with van der Waals surface area (Å²) in [4.78, 5) is 12.2. The molecule has 1 aromatic heterocycles. The Morgan fingerprint density at radius 1 is 1.14 bits per heavy atom. The summed E-state index contributed by atoms with van der Waals surface area (Å²) in [5.74, 6) is -0.121. The minimum atomic E-state index is -0.121. The Hall–Kier alpha value is -2.59. The van der Waals surface area contributed by atoms with Gasteiger partial charge in [-0.1, -0.05) is 29.8 Å². The second-order valence-corrected chi connectivity index (χ2v) is 5.25. The summed E-state index contributed by atoms with van der Waals surface area (Å²) in [7, 11) is 0. The van der Waals surface area contributed by atoms with Crippen LogP contribution in [0.15, 0.2) is 67.0 Å². The van der Waals surface area contributed by atoms with Gasteiger partial charge in [-0.15, -0.1) is 0 Å². The lowest BCUT2D eigenvalue weighted by molar-refractivity contribution is 0.0951. The fraction of sp³-hybridized carbons (Fsp3) is 0.0588. The minimum absolute atomic E-state index is 0.121. The molecule has 0 saturated heterocycles. The maximum atomic E-state index is 12.2. The molecule has 0 bridgehead atoms. The van der Waals surface area contributed by atoms with Gasteiger partial charge in [0, 0.05) is 29.5 Å². The summed E-state index contributed by atoms with van der Waals surface area (Å²) in [5.41, 5.74) is 2.45. The number of aromatic nitrogens is 2. The molecule has 0 spiro atoms. The predicted molar refractivity (Wildman–Crippen MR) is 86.2 cm³/mol. The van der Waals surface area contributed by atoms with E-state index in [2.05, 4.69) is 10.4 Å². The Morgan fingerprint density at radius 2 is 1.95 bits per heavy atom. The Kier molecular flexibility index (Phi) is 4.21. The van der Waals surface area contributed by atoms with E-state index in [1.165, 1.54) is 0 Å². The van der Waals surface area contributed by atoms with E-state index in [-0.39, 0.29) is 5.91 Å². The van der Waals surface area contributed by atoms with Crippen LogP contribution >= 0.6 is 11.6 Å². The van der Waals surface area contributed by atoms with E-state index in [1.54, 1.807) is 29.1 Å². The molecule has 110 valence electrons. The lowest BCUT2D eigenvalue weighted by Gasteiger charge is -2.07. The first kappa shape index (κ1) is 14.4. The average Bonchev–Trinajstić information content (AvgIpc) is 3.09. The quantitative estimate of drug-likeness (QED) is 0.802. The number of nitrogens with zero attached hydrogens (tertiary/aromatic N) is 2. The number of benzene rings is 2. The largest absolute Gasteiger partial charge is 0.348 e. The summed E-state index contributed by atoms with van der Waals surface area (Å²) >= 11 is 5.84. The molecule has 0 atom stereocenters. The minimum Gasteiger partial charge on any atom is -0.348 e. The van der Waals surface area contributed by atoms with Crippen molar-refractivity contribution in [2.45, 2.75) is 6.54 Å². The molecule has 3 rings (SSSR count). The zero-order chi connectivity index (χ0) is 15.4. The molecular weight excluding hydrogens is 298 g/mol. The van der Waals surface area contributed by atoms with Gasteiger partial charge < -0.3 is 5.32 Å². The van der Waals surface area contributed by atoms with E-state index in [0.29, 0.717) is 17.1 Å². The third-order valence-electron chi connectivity index (χ3n) is 3.24. The van der Waals surface area contributed by atoms with E-state index >= 15 is 0 Å². The zero-order valence-electron chi connectivity index (χ0n) is 11.7. The molecule has 22 heavy (non-hydrogen) atoms. The zero-order valence-corrected chi connectivity index (χ0v) is 12.5. The SMILES string of the molecule is O=C(NCc1ccc(Cl)cc1)c1cccc(-n2cccn2)c1. The number of hydrogen-bond donors (Lipinski definition) is 1. The second kappa shape index (κ2) is 6.45. The molecule has 1 N–H and O–H groups in total. The fourth-order valence-corrected chi connectivity index (χ4v) is 2.22. The Labute approximate surface area is 133 Å². The molecule has 0 saturated carbocycles. The van der Waals surface area contributed by atoms with Crippen molar-refractivity contribution in [2.24, 2.45) is 0 Å². The van der Waals surface area contributed by atoms with Crippen LogP contribution in [0.3, 0.4) is 0 Å². The molecule has 1 amide bonds.